The summed E-state index contributed by atoms with van der Waals surface area (Å²) in [4.78, 5) is 28.7. The van der Waals surface area contributed by atoms with Gasteiger partial charge in [0.05, 0.1) is 13.0 Å². The molecule has 1 saturated heterocycles. The zero-order valence-electron chi connectivity index (χ0n) is 16.6. The van der Waals surface area contributed by atoms with Crippen LogP contribution in [0.3, 0.4) is 0 Å². The minimum absolute atomic E-state index is 0.0575. The highest BCUT2D eigenvalue weighted by molar-refractivity contribution is 5.92. The fourth-order valence-electron chi connectivity index (χ4n) is 3.58. The Labute approximate surface area is 174 Å². The molecule has 0 atom stereocenters. The van der Waals surface area contributed by atoms with Gasteiger partial charge in [-0.2, -0.15) is 0 Å². The van der Waals surface area contributed by atoms with Crippen molar-refractivity contribution in [2.45, 2.75) is 6.42 Å². The van der Waals surface area contributed by atoms with Crippen LogP contribution in [0.15, 0.2) is 42.5 Å². The molecule has 0 saturated carbocycles. The molecule has 0 unspecified atom stereocenters. The maximum atomic E-state index is 12.9. The zero-order chi connectivity index (χ0) is 20.9. The molecule has 0 bridgehead atoms. The number of halogens is 1. The average Bonchev–Trinajstić information content (AvgIpc) is 2.76. The van der Waals surface area contributed by atoms with Crippen LogP contribution in [0.5, 0.6) is 11.5 Å². The molecule has 30 heavy (non-hydrogen) atoms. The predicted octanol–water partition coefficient (Wildman–Crippen LogP) is 1.92. The lowest BCUT2D eigenvalue weighted by Crippen LogP contribution is -2.50. The summed E-state index contributed by atoms with van der Waals surface area (Å²) in [5.41, 5.74) is 1.46. The summed E-state index contributed by atoms with van der Waals surface area (Å²) >= 11 is 0. The first-order valence-corrected chi connectivity index (χ1v) is 10.0. The number of amides is 2. The molecule has 7 nitrogen and oxygen atoms in total. The van der Waals surface area contributed by atoms with Crippen molar-refractivity contribution in [1.82, 2.24) is 9.80 Å². The Balaban J connectivity index is 1.23. The number of anilines is 1. The summed E-state index contributed by atoms with van der Waals surface area (Å²) in [5, 5.41) is 2.76. The molecule has 0 radical (unpaired) electrons. The van der Waals surface area contributed by atoms with Crippen LogP contribution in [0, 0.1) is 5.82 Å². The van der Waals surface area contributed by atoms with Crippen LogP contribution in [-0.2, 0) is 16.0 Å². The number of ether oxygens (including phenoxy) is 2. The van der Waals surface area contributed by atoms with E-state index >= 15 is 0 Å². The second kappa shape index (κ2) is 9.13. The Morgan fingerprint density at radius 3 is 2.37 bits per heavy atom. The molecule has 2 aliphatic rings. The van der Waals surface area contributed by atoms with E-state index in [1.807, 2.05) is 28.0 Å². The monoisotopic (exact) mass is 413 g/mol. The number of nitrogens with one attached hydrogen (secondary N) is 1. The van der Waals surface area contributed by atoms with Crippen LogP contribution in [0.25, 0.3) is 0 Å². The average molecular weight is 413 g/mol. The van der Waals surface area contributed by atoms with Crippen molar-refractivity contribution in [3.05, 3.63) is 53.8 Å². The second-order valence-corrected chi connectivity index (χ2v) is 7.37. The minimum atomic E-state index is -0.343. The van der Waals surface area contributed by atoms with Gasteiger partial charge in [-0.25, -0.2) is 4.39 Å². The van der Waals surface area contributed by atoms with Gasteiger partial charge in [-0.15, -0.1) is 0 Å². The third-order valence-corrected chi connectivity index (χ3v) is 5.18. The second-order valence-electron chi connectivity index (χ2n) is 7.37. The van der Waals surface area contributed by atoms with Gasteiger partial charge in [-0.3, -0.25) is 14.5 Å². The van der Waals surface area contributed by atoms with E-state index < -0.39 is 0 Å². The number of hydrogen-bond donors (Lipinski definition) is 1. The van der Waals surface area contributed by atoms with Gasteiger partial charge in [0, 0.05) is 31.9 Å². The third kappa shape index (κ3) is 5.07. The fraction of sp³-hybridized carbons (Fsp3) is 0.364. The van der Waals surface area contributed by atoms with Crippen molar-refractivity contribution in [2.24, 2.45) is 0 Å². The van der Waals surface area contributed by atoms with Crippen molar-refractivity contribution < 1.29 is 23.5 Å². The fourth-order valence-corrected chi connectivity index (χ4v) is 3.58. The van der Waals surface area contributed by atoms with Gasteiger partial charge in [0.15, 0.2) is 11.5 Å². The van der Waals surface area contributed by atoms with Gasteiger partial charge in [0.1, 0.15) is 19.0 Å². The molecule has 2 aromatic rings. The predicted molar refractivity (Wildman–Crippen MR) is 109 cm³/mol. The first-order valence-electron chi connectivity index (χ1n) is 10.0. The van der Waals surface area contributed by atoms with Gasteiger partial charge in [-0.05, 0) is 42.0 Å². The van der Waals surface area contributed by atoms with E-state index in [-0.39, 0.29) is 24.2 Å². The van der Waals surface area contributed by atoms with Crippen molar-refractivity contribution in [3.8, 4) is 11.5 Å². The lowest BCUT2D eigenvalue weighted by Gasteiger charge is -2.34. The highest BCUT2D eigenvalue weighted by Gasteiger charge is 2.23. The molecule has 1 fully saturated rings. The topological polar surface area (TPSA) is 71.1 Å². The van der Waals surface area contributed by atoms with Crippen molar-refractivity contribution in [2.75, 3.05) is 51.3 Å². The Kier molecular flexibility index (Phi) is 6.13. The van der Waals surface area contributed by atoms with Crippen LogP contribution in [0.1, 0.15) is 5.56 Å². The summed E-state index contributed by atoms with van der Waals surface area (Å²) in [6.45, 7) is 3.70. The standard InChI is InChI=1S/C22H24FN3O4/c23-17-2-4-18(5-3-17)24-21(27)15-25-7-9-26(10-8-25)22(28)14-16-1-6-19-20(13-16)30-12-11-29-19/h1-6,13H,7-12,14-15H2,(H,24,27). The highest BCUT2D eigenvalue weighted by atomic mass is 19.1. The van der Waals surface area contributed by atoms with Crippen LogP contribution < -0.4 is 14.8 Å². The number of fused-ring (bicyclic) bond motifs is 1. The zero-order valence-corrected chi connectivity index (χ0v) is 16.6. The summed E-state index contributed by atoms with van der Waals surface area (Å²) in [6.07, 6.45) is 0.307. The SMILES string of the molecule is O=C(CN1CCN(C(=O)Cc2ccc3c(c2)OCCO3)CC1)Nc1ccc(F)cc1. The van der Waals surface area contributed by atoms with Crippen LogP contribution >= 0.6 is 0 Å². The number of piperazine rings is 1. The Morgan fingerprint density at radius 2 is 1.63 bits per heavy atom. The largest absolute Gasteiger partial charge is 0.486 e. The van der Waals surface area contributed by atoms with E-state index in [0.717, 1.165) is 5.56 Å². The quantitative estimate of drug-likeness (QED) is 0.811. The number of rotatable bonds is 5. The van der Waals surface area contributed by atoms with Crippen LogP contribution in [-0.4, -0.2) is 67.6 Å². The molecule has 158 valence electrons. The lowest BCUT2D eigenvalue weighted by atomic mass is 10.1. The Bertz CT molecular complexity index is 911. The molecule has 0 aliphatic carbocycles. The molecule has 2 aromatic carbocycles. The van der Waals surface area contributed by atoms with Gasteiger partial charge < -0.3 is 19.7 Å². The van der Waals surface area contributed by atoms with E-state index in [9.17, 15) is 14.0 Å². The van der Waals surface area contributed by atoms with E-state index in [0.29, 0.717) is 63.0 Å². The molecule has 2 heterocycles. The molecule has 8 heteroatoms. The molecular weight excluding hydrogens is 389 g/mol. The van der Waals surface area contributed by atoms with Crippen molar-refractivity contribution in [1.29, 1.82) is 0 Å². The molecule has 4 rings (SSSR count). The summed E-state index contributed by atoms with van der Waals surface area (Å²) in [6, 6.07) is 11.3. The summed E-state index contributed by atoms with van der Waals surface area (Å²) in [7, 11) is 0. The summed E-state index contributed by atoms with van der Waals surface area (Å²) in [5.74, 6) is 0.957. The molecule has 2 amide bonds. The molecule has 2 aliphatic heterocycles. The van der Waals surface area contributed by atoms with Gasteiger partial charge in [0.2, 0.25) is 11.8 Å². The molecule has 0 aromatic heterocycles. The lowest BCUT2D eigenvalue weighted by molar-refractivity contribution is -0.132. The maximum Gasteiger partial charge on any atom is 0.238 e. The highest BCUT2D eigenvalue weighted by Crippen LogP contribution is 2.31. The summed E-state index contributed by atoms with van der Waals surface area (Å²) < 4.78 is 24.0. The normalized spacial score (nSPS) is 16.2. The number of carbonyl (C=O) groups excluding carboxylic acids is 2. The van der Waals surface area contributed by atoms with E-state index in [4.69, 9.17) is 9.47 Å². The maximum absolute atomic E-state index is 12.9. The Hall–Kier alpha value is -3.13. The van der Waals surface area contributed by atoms with Crippen molar-refractivity contribution >= 4 is 17.5 Å². The first-order chi connectivity index (χ1) is 14.6. The molecular formula is C22H24FN3O4. The smallest absolute Gasteiger partial charge is 0.238 e. The van der Waals surface area contributed by atoms with E-state index in [2.05, 4.69) is 5.32 Å². The van der Waals surface area contributed by atoms with Gasteiger partial charge >= 0.3 is 0 Å². The number of benzene rings is 2. The van der Waals surface area contributed by atoms with Gasteiger partial charge in [-0.1, -0.05) is 6.07 Å². The van der Waals surface area contributed by atoms with Crippen molar-refractivity contribution in [3.63, 3.8) is 0 Å². The number of hydrogen-bond acceptors (Lipinski definition) is 5. The minimum Gasteiger partial charge on any atom is -0.486 e. The van der Waals surface area contributed by atoms with E-state index in [1.165, 1.54) is 24.3 Å². The number of nitrogens with zero attached hydrogens (tertiary/aromatic N) is 2. The first kappa shape index (κ1) is 20.2. The Morgan fingerprint density at radius 1 is 0.933 bits per heavy atom. The number of carbonyl (C=O) groups is 2. The van der Waals surface area contributed by atoms with E-state index in [1.54, 1.807) is 0 Å². The molecule has 1 N–H and O–H groups in total. The van der Waals surface area contributed by atoms with Gasteiger partial charge in [0.25, 0.3) is 0 Å². The molecule has 0 spiro atoms. The third-order valence-electron chi connectivity index (χ3n) is 5.18. The van der Waals surface area contributed by atoms with Crippen LogP contribution in [0.2, 0.25) is 0 Å². The van der Waals surface area contributed by atoms with Crippen LogP contribution in [0.4, 0.5) is 10.1 Å².